The highest BCUT2D eigenvalue weighted by Crippen LogP contribution is 2.30. The molecule has 9 heteroatoms. The lowest BCUT2D eigenvalue weighted by molar-refractivity contribution is -0.120. The molecule has 0 saturated carbocycles. The molecule has 0 unspecified atom stereocenters. The maximum Gasteiger partial charge on any atom is 0.231 e. The summed E-state index contributed by atoms with van der Waals surface area (Å²) in [6, 6.07) is 18.9. The van der Waals surface area contributed by atoms with Crippen molar-refractivity contribution < 1.29 is 4.79 Å². The van der Waals surface area contributed by atoms with Crippen molar-refractivity contribution in [3.05, 3.63) is 88.7 Å². The standard InChI is InChI=1S/C24H21Cl2N5OS/c1-24(2,17-10-11-19(25)20(26)13-17)28-21(32)15-33-23-30-29-22(16-7-6-12-27-14-16)31(23)18-8-4-3-5-9-18/h3-14H,15H2,1-2H3,(H,28,32). The Labute approximate surface area is 206 Å². The van der Waals surface area contributed by atoms with E-state index in [-0.39, 0.29) is 11.7 Å². The number of carbonyl (C=O) groups excluding carboxylic acids is 1. The topological polar surface area (TPSA) is 72.7 Å². The highest BCUT2D eigenvalue weighted by atomic mass is 35.5. The molecule has 1 amide bonds. The fraction of sp³-hybridized carbons (Fsp3) is 0.167. The van der Waals surface area contributed by atoms with E-state index in [2.05, 4.69) is 20.5 Å². The number of nitrogens with zero attached hydrogens (tertiary/aromatic N) is 4. The van der Waals surface area contributed by atoms with Gasteiger partial charge in [0.05, 0.1) is 21.3 Å². The zero-order valence-corrected chi connectivity index (χ0v) is 20.3. The summed E-state index contributed by atoms with van der Waals surface area (Å²) in [5.74, 6) is 0.693. The molecule has 2 heterocycles. The molecule has 0 radical (unpaired) electrons. The molecule has 2 aromatic carbocycles. The lowest BCUT2D eigenvalue weighted by Gasteiger charge is -2.27. The molecule has 4 aromatic rings. The van der Waals surface area contributed by atoms with E-state index in [1.165, 1.54) is 11.8 Å². The first-order valence-electron chi connectivity index (χ1n) is 10.2. The van der Waals surface area contributed by atoms with Gasteiger partial charge < -0.3 is 5.32 Å². The molecular weight excluding hydrogens is 477 g/mol. The molecular formula is C24H21Cl2N5OS. The smallest absolute Gasteiger partial charge is 0.231 e. The van der Waals surface area contributed by atoms with Crippen LogP contribution >= 0.6 is 35.0 Å². The summed E-state index contributed by atoms with van der Waals surface area (Å²) in [6.45, 7) is 3.84. The van der Waals surface area contributed by atoms with E-state index < -0.39 is 5.54 Å². The summed E-state index contributed by atoms with van der Waals surface area (Å²) in [5, 5.41) is 13.3. The molecule has 0 aliphatic heterocycles. The minimum absolute atomic E-state index is 0.137. The van der Waals surface area contributed by atoms with Gasteiger partial charge >= 0.3 is 0 Å². The number of aromatic nitrogens is 4. The van der Waals surface area contributed by atoms with Crippen LogP contribution in [0.3, 0.4) is 0 Å². The lowest BCUT2D eigenvalue weighted by Crippen LogP contribution is -2.41. The van der Waals surface area contributed by atoms with Crippen LogP contribution in [0.5, 0.6) is 0 Å². The van der Waals surface area contributed by atoms with Gasteiger partial charge in [0.1, 0.15) is 0 Å². The van der Waals surface area contributed by atoms with Crippen LogP contribution in [0.15, 0.2) is 78.2 Å². The van der Waals surface area contributed by atoms with Crippen molar-refractivity contribution in [2.24, 2.45) is 0 Å². The van der Waals surface area contributed by atoms with Crippen molar-refractivity contribution in [1.29, 1.82) is 0 Å². The second kappa shape index (κ2) is 9.95. The van der Waals surface area contributed by atoms with E-state index in [9.17, 15) is 4.79 Å². The Bertz CT molecular complexity index is 1260. The Balaban J connectivity index is 1.54. The summed E-state index contributed by atoms with van der Waals surface area (Å²) in [4.78, 5) is 17.0. The van der Waals surface area contributed by atoms with E-state index in [0.717, 1.165) is 16.8 Å². The Morgan fingerprint density at radius 2 is 1.82 bits per heavy atom. The van der Waals surface area contributed by atoms with Crippen LogP contribution in [0.2, 0.25) is 10.0 Å². The fourth-order valence-corrected chi connectivity index (χ4v) is 4.38. The third kappa shape index (κ3) is 5.38. The quantitative estimate of drug-likeness (QED) is 0.327. The van der Waals surface area contributed by atoms with Gasteiger partial charge in [-0.1, -0.05) is 59.2 Å². The molecule has 0 atom stereocenters. The third-order valence-corrected chi connectivity index (χ3v) is 6.66. The van der Waals surface area contributed by atoms with Gasteiger partial charge in [-0.15, -0.1) is 10.2 Å². The summed E-state index contributed by atoms with van der Waals surface area (Å²) in [6.07, 6.45) is 3.45. The summed E-state index contributed by atoms with van der Waals surface area (Å²) in [5.41, 5.74) is 1.98. The Morgan fingerprint density at radius 1 is 1.03 bits per heavy atom. The second-order valence-corrected chi connectivity index (χ2v) is 9.57. The molecule has 2 aromatic heterocycles. The van der Waals surface area contributed by atoms with E-state index in [1.54, 1.807) is 24.5 Å². The van der Waals surface area contributed by atoms with Gasteiger partial charge in [0.2, 0.25) is 5.91 Å². The van der Waals surface area contributed by atoms with Gasteiger partial charge in [-0.2, -0.15) is 0 Å². The predicted octanol–water partition coefficient (Wildman–Crippen LogP) is 5.78. The summed E-state index contributed by atoms with van der Waals surface area (Å²) in [7, 11) is 0. The number of hydrogen-bond donors (Lipinski definition) is 1. The molecule has 1 N–H and O–H groups in total. The number of halogens is 2. The molecule has 0 bridgehead atoms. The third-order valence-electron chi connectivity index (χ3n) is 4.99. The summed E-state index contributed by atoms with van der Waals surface area (Å²) < 4.78 is 1.93. The fourth-order valence-electron chi connectivity index (χ4n) is 3.33. The Kier molecular flexibility index (Phi) is 7.02. The molecule has 168 valence electrons. The highest BCUT2D eigenvalue weighted by molar-refractivity contribution is 7.99. The minimum Gasteiger partial charge on any atom is -0.346 e. The van der Waals surface area contributed by atoms with Gasteiger partial charge in [-0.25, -0.2) is 0 Å². The predicted molar refractivity (Wildman–Crippen MR) is 133 cm³/mol. The molecule has 0 fully saturated rings. The first kappa shape index (κ1) is 23.3. The molecule has 0 spiro atoms. The van der Waals surface area contributed by atoms with Crippen molar-refractivity contribution in [3.8, 4) is 17.1 Å². The maximum atomic E-state index is 12.8. The zero-order chi connectivity index (χ0) is 23.4. The first-order chi connectivity index (χ1) is 15.8. The van der Waals surface area contributed by atoms with Crippen LogP contribution in [-0.4, -0.2) is 31.4 Å². The van der Waals surface area contributed by atoms with Crippen molar-refractivity contribution in [3.63, 3.8) is 0 Å². The van der Waals surface area contributed by atoms with Gasteiger partial charge in [-0.05, 0) is 55.8 Å². The Hall–Kier alpha value is -2.87. The van der Waals surface area contributed by atoms with Crippen LogP contribution in [0.25, 0.3) is 17.1 Å². The number of amides is 1. The summed E-state index contributed by atoms with van der Waals surface area (Å²) >= 11 is 13.5. The van der Waals surface area contributed by atoms with Gasteiger partial charge in [0, 0.05) is 23.6 Å². The average molecular weight is 498 g/mol. The number of carbonyl (C=O) groups is 1. The van der Waals surface area contributed by atoms with Crippen molar-refractivity contribution >= 4 is 40.9 Å². The van der Waals surface area contributed by atoms with Crippen molar-refractivity contribution in [2.45, 2.75) is 24.5 Å². The number of pyridine rings is 1. The van der Waals surface area contributed by atoms with Crippen LogP contribution in [0, 0.1) is 0 Å². The molecule has 6 nitrogen and oxygen atoms in total. The van der Waals surface area contributed by atoms with E-state index >= 15 is 0 Å². The molecule has 33 heavy (non-hydrogen) atoms. The monoisotopic (exact) mass is 497 g/mol. The van der Waals surface area contributed by atoms with Crippen LogP contribution in [0.4, 0.5) is 0 Å². The van der Waals surface area contributed by atoms with E-state index in [4.69, 9.17) is 23.2 Å². The molecule has 0 aliphatic rings. The van der Waals surface area contributed by atoms with Crippen molar-refractivity contribution in [2.75, 3.05) is 5.75 Å². The largest absolute Gasteiger partial charge is 0.346 e. The SMILES string of the molecule is CC(C)(NC(=O)CSc1nnc(-c2cccnc2)n1-c1ccccc1)c1ccc(Cl)c(Cl)c1. The minimum atomic E-state index is -0.625. The number of thioether (sulfide) groups is 1. The number of hydrogen-bond acceptors (Lipinski definition) is 5. The molecule has 0 saturated heterocycles. The van der Waals surface area contributed by atoms with Gasteiger partial charge in [0.15, 0.2) is 11.0 Å². The second-order valence-electron chi connectivity index (χ2n) is 7.81. The molecule has 4 rings (SSSR count). The zero-order valence-electron chi connectivity index (χ0n) is 18.0. The van der Waals surface area contributed by atoms with Crippen LogP contribution in [0.1, 0.15) is 19.4 Å². The maximum absolute atomic E-state index is 12.8. The van der Waals surface area contributed by atoms with Crippen LogP contribution < -0.4 is 5.32 Å². The van der Waals surface area contributed by atoms with Crippen LogP contribution in [-0.2, 0) is 10.3 Å². The molecule has 0 aliphatic carbocycles. The van der Waals surface area contributed by atoms with E-state index in [1.807, 2.05) is 66.9 Å². The highest BCUT2D eigenvalue weighted by Gasteiger charge is 2.24. The first-order valence-corrected chi connectivity index (χ1v) is 11.9. The number of benzene rings is 2. The normalized spacial score (nSPS) is 11.4. The van der Waals surface area contributed by atoms with Crippen molar-refractivity contribution in [1.82, 2.24) is 25.1 Å². The van der Waals surface area contributed by atoms with Gasteiger partial charge in [0.25, 0.3) is 0 Å². The lowest BCUT2D eigenvalue weighted by atomic mass is 9.94. The average Bonchev–Trinajstić information content (AvgIpc) is 3.24. The van der Waals surface area contributed by atoms with E-state index in [0.29, 0.717) is 21.0 Å². The van der Waals surface area contributed by atoms with Gasteiger partial charge in [-0.3, -0.25) is 14.3 Å². The Morgan fingerprint density at radius 3 is 2.52 bits per heavy atom. The number of nitrogens with one attached hydrogen (secondary N) is 1. The number of rotatable bonds is 7. The number of para-hydroxylation sites is 1.